The summed E-state index contributed by atoms with van der Waals surface area (Å²) < 4.78 is 28.5. The Morgan fingerprint density at radius 1 is 1.36 bits per heavy atom. The van der Waals surface area contributed by atoms with Gasteiger partial charge in [-0.2, -0.15) is 0 Å². The maximum absolute atomic E-state index is 11.9. The van der Waals surface area contributed by atoms with Gasteiger partial charge in [0.15, 0.2) is 9.84 Å². The van der Waals surface area contributed by atoms with Gasteiger partial charge in [-0.15, -0.1) is 10.2 Å². The minimum atomic E-state index is -3.01. The molecule has 10 heteroatoms. The van der Waals surface area contributed by atoms with Gasteiger partial charge in [-0.3, -0.25) is 4.79 Å². The van der Waals surface area contributed by atoms with E-state index in [0.29, 0.717) is 23.9 Å². The molecule has 0 aliphatic carbocycles. The lowest BCUT2D eigenvalue weighted by Gasteiger charge is -2.05. The van der Waals surface area contributed by atoms with Crippen molar-refractivity contribution in [3.63, 3.8) is 0 Å². The maximum atomic E-state index is 11.9. The van der Waals surface area contributed by atoms with Crippen molar-refractivity contribution in [2.45, 2.75) is 24.1 Å². The standard InChI is InChI=1S/C15H16ClN3O4S2/c16-12-4-2-1-3-10(12)7-17-13(20)8-24-15-19-18-14(23-15)11-5-6-25(21,22)9-11/h1-4,11H,5-9H2,(H,17,20). The average Bonchev–Trinajstić information content (AvgIpc) is 3.18. The van der Waals surface area contributed by atoms with Crippen molar-refractivity contribution < 1.29 is 17.6 Å². The summed E-state index contributed by atoms with van der Waals surface area (Å²) in [5.74, 6) is 0.189. The number of nitrogens with one attached hydrogen (secondary N) is 1. The molecule has 0 spiro atoms. The summed E-state index contributed by atoms with van der Waals surface area (Å²) in [6.07, 6.45) is 0.493. The first-order valence-electron chi connectivity index (χ1n) is 7.60. The smallest absolute Gasteiger partial charge is 0.277 e. The van der Waals surface area contributed by atoms with E-state index in [4.69, 9.17) is 16.0 Å². The highest BCUT2D eigenvalue weighted by Gasteiger charge is 2.32. The second-order valence-corrected chi connectivity index (χ2v) is 9.23. The van der Waals surface area contributed by atoms with Crippen molar-refractivity contribution in [1.82, 2.24) is 15.5 Å². The predicted molar refractivity (Wildman–Crippen MR) is 94.3 cm³/mol. The molecule has 1 N–H and O–H groups in total. The summed E-state index contributed by atoms with van der Waals surface area (Å²) in [5, 5.41) is 11.4. The lowest BCUT2D eigenvalue weighted by molar-refractivity contribution is -0.118. The Morgan fingerprint density at radius 2 is 2.16 bits per heavy atom. The van der Waals surface area contributed by atoms with Gasteiger partial charge in [-0.25, -0.2) is 8.42 Å². The number of carbonyl (C=O) groups is 1. The van der Waals surface area contributed by atoms with Crippen molar-refractivity contribution in [2.75, 3.05) is 17.3 Å². The van der Waals surface area contributed by atoms with Crippen LogP contribution in [0.1, 0.15) is 23.8 Å². The largest absolute Gasteiger partial charge is 0.416 e. The molecule has 0 saturated carbocycles. The second-order valence-electron chi connectivity index (χ2n) is 5.66. The average molecular weight is 402 g/mol. The Labute approximate surface area is 154 Å². The van der Waals surface area contributed by atoms with Crippen molar-refractivity contribution in [1.29, 1.82) is 0 Å². The van der Waals surface area contributed by atoms with Crippen LogP contribution < -0.4 is 5.32 Å². The van der Waals surface area contributed by atoms with E-state index in [1.165, 1.54) is 0 Å². The summed E-state index contributed by atoms with van der Waals surface area (Å²) in [6.45, 7) is 0.341. The summed E-state index contributed by atoms with van der Waals surface area (Å²) >= 11 is 7.15. The molecule has 1 amide bonds. The molecule has 7 nitrogen and oxygen atoms in total. The van der Waals surface area contributed by atoms with Gasteiger partial charge in [0, 0.05) is 11.6 Å². The molecular weight excluding hydrogens is 386 g/mol. The van der Waals surface area contributed by atoms with Gasteiger partial charge in [0.05, 0.1) is 23.2 Å². The van der Waals surface area contributed by atoms with Gasteiger partial charge in [0.2, 0.25) is 11.8 Å². The number of thioether (sulfide) groups is 1. The number of aromatic nitrogens is 2. The normalized spacial score (nSPS) is 19.0. The van der Waals surface area contributed by atoms with Crippen LogP contribution in [0.15, 0.2) is 33.9 Å². The van der Waals surface area contributed by atoms with E-state index >= 15 is 0 Å². The molecule has 1 aliphatic rings. The third kappa shape index (κ3) is 4.96. The van der Waals surface area contributed by atoms with Crippen LogP contribution >= 0.6 is 23.4 Å². The number of nitrogens with zero attached hydrogens (tertiary/aromatic N) is 2. The van der Waals surface area contributed by atoms with Gasteiger partial charge in [0.25, 0.3) is 5.22 Å². The minimum Gasteiger partial charge on any atom is -0.416 e. The monoisotopic (exact) mass is 401 g/mol. The topological polar surface area (TPSA) is 102 Å². The fourth-order valence-corrected chi connectivity index (χ4v) is 4.98. The summed E-state index contributed by atoms with van der Waals surface area (Å²) in [4.78, 5) is 11.9. The van der Waals surface area contributed by atoms with Crippen LogP contribution in [0, 0.1) is 0 Å². The molecule has 1 fully saturated rings. The zero-order valence-corrected chi connectivity index (χ0v) is 15.5. The van der Waals surface area contributed by atoms with Crippen molar-refractivity contribution >= 4 is 39.1 Å². The third-order valence-corrected chi connectivity index (χ3v) is 6.72. The number of hydrogen-bond acceptors (Lipinski definition) is 7. The zero-order chi connectivity index (χ0) is 17.9. The number of benzene rings is 1. The molecular formula is C15H16ClN3O4S2. The van der Waals surface area contributed by atoms with Crippen LogP contribution in [-0.4, -0.2) is 41.8 Å². The number of sulfone groups is 1. The summed E-state index contributed by atoms with van der Waals surface area (Å²) in [6, 6.07) is 7.29. The zero-order valence-electron chi connectivity index (χ0n) is 13.1. The molecule has 2 heterocycles. The first-order valence-corrected chi connectivity index (χ1v) is 10.8. The number of amides is 1. The Kier molecular flexibility index (Phi) is 5.65. The molecule has 2 aromatic rings. The van der Waals surface area contributed by atoms with Crippen molar-refractivity contribution in [3.05, 3.63) is 40.7 Å². The van der Waals surface area contributed by atoms with Crippen LogP contribution in [0.5, 0.6) is 0 Å². The van der Waals surface area contributed by atoms with Crippen molar-refractivity contribution in [3.8, 4) is 0 Å². The minimum absolute atomic E-state index is 0.0393. The van der Waals surface area contributed by atoms with Gasteiger partial charge in [-0.05, 0) is 18.1 Å². The van der Waals surface area contributed by atoms with E-state index in [9.17, 15) is 13.2 Å². The quantitative estimate of drug-likeness (QED) is 0.738. The molecule has 0 bridgehead atoms. The number of rotatable bonds is 6. The molecule has 25 heavy (non-hydrogen) atoms. The van der Waals surface area contributed by atoms with Gasteiger partial charge in [-0.1, -0.05) is 41.6 Å². The van der Waals surface area contributed by atoms with Gasteiger partial charge < -0.3 is 9.73 Å². The Hall–Kier alpha value is -1.58. The Balaban J connectivity index is 1.47. The lowest BCUT2D eigenvalue weighted by atomic mass is 10.1. The second kappa shape index (κ2) is 7.76. The molecule has 1 unspecified atom stereocenters. The number of hydrogen-bond donors (Lipinski definition) is 1. The summed E-state index contributed by atoms with van der Waals surface area (Å²) in [7, 11) is -3.01. The first kappa shape index (κ1) is 18.2. The molecule has 3 rings (SSSR count). The molecule has 1 aliphatic heterocycles. The molecule has 134 valence electrons. The first-order chi connectivity index (χ1) is 11.9. The number of halogens is 1. The SMILES string of the molecule is O=C(CSc1nnc(C2CCS(=O)(=O)C2)o1)NCc1ccccc1Cl. The van der Waals surface area contributed by atoms with Crippen molar-refractivity contribution in [2.24, 2.45) is 0 Å². The van der Waals surface area contributed by atoms with E-state index in [1.807, 2.05) is 18.2 Å². The molecule has 1 aromatic carbocycles. The fraction of sp³-hybridized carbons (Fsp3) is 0.400. The third-order valence-electron chi connectivity index (χ3n) is 3.76. The van der Waals surface area contributed by atoms with E-state index in [2.05, 4.69) is 15.5 Å². The van der Waals surface area contributed by atoms with E-state index in [1.54, 1.807) is 6.07 Å². The summed E-state index contributed by atoms with van der Waals surface area (Å²) in [5.41, 5.74) is 0.838. The maximum Gasteiger partial charge on any atom is 0.277 e. The van der Waals surface area contributed by atoms with E-state index < -0.39 is 9.84 Å². The molecule has 1 atom stereocenters. The highest BCUT2D eigenvalue weighted by Crippen LogP contribution is 2.29. The van der Waals surface area contributed by atoms with Gasteiger partial charge in [0.1, 0.15) is 0 Å². The lowest BCUT2D eigenvalue weighted by Crippen LogP contribution is -2.24. The number of carbonyl (C=O) groups excluding carboxylic acids is 1. The predicted octanol–water partition coefficient (Wildman–Crippen LogP) is 2.03. The van der Waals surface area contributed by atoms with Crippen LogP contribution in [0.4, 0.5) is 0 Å². The fourth-order valence-electron chi connectivity index (χ4n) is 2.45. The Morgan fingerprint density at radius 3 is 2.88 bits per heavy atom. The van der Waals surface area contributed by atoms with Crippen LogP contribution in [-0.2, 0) is 21.2 Å². The van der Waals surface area contributed by atoms with Gasteiger partial charge >= 0.3 is 0 Å². The van der Waals surface area contributed by atoms with E-state index in [0.717, 1.165) is 17.3 Å². The highest BCUT2D eigenvalue weighted by atomic mass is 35.5. The molecule has 0 radical (unpaired) electrons. The Bertz CT molecular complexity index is 869. The van der Waals surface area contributed by atoms with Crippen LogP contribution in [0.25, 0.3) is 0 Å². The molecule has 1 saturated heterocycles. The van der Waals surface area contributed by atoms with E-state index in [-0.39, 0.29) is 34.3 Å². The highest BCUT2D eigenvalue weighted by molar-refractivity contribution is 7.99. The molecule has 1 aromatic heterocycles. The van der Waals surface area contributed by atoms with Crippen LogP contribution in [0.2, 0.25) is 5.02 Å². The van der Waals surface area contributed by atoms with Crippen LogP contribution in [0.3, 0.4) is 0 Å².